The van der Waals surface area contributed by atoms with Gasteiger partial charge >= 0.3 is 24.5 Å². The Bertz CT molecular complexity index is 1110. The second-order valence-corrected chi connectivity index (χ2v) is 7.70. The number of nitrogens with zero attached hydrogens (tertiary/aromatic N) is 2. The van der Waals surface area contributed by atoms with Crippen molar-refractivity contribution in [3.63, 3.8) is 0 Å². The van der Waals surface area contributed by atoms with Crippen LogP contribution in [0.25, 0.3) is 0 Å². The zero-order chi connectivity index (χ0) is 24.8. The maximum Gasteiger partial charge on any atom is 0.420 e. The molecule has 1 aliphatic heterocycles. The van der Waals surface area contributed by atoms with Crippen molar-refractivity contribution in [3.05, 3.63) is 53.3 Å². The van der Waals surface area contributed by atoms with E-state index in [0.717, 1.165) is 17.0 Å². The number of amides is 3. The summed E-state index contributed by atoms with van der Waals surface area (Å²) < 4.78 is 100. The summed E-state index contributed by atoms with van der Waals surface area (Å²) in [7, 11) is 0. The number of halogens is 7. The molecule has 6 nitrogen and oxygen atoms in total. The van der Waals surface area contributed by atoms with Gasteiger partial charge in [0.25, 0.3) is 0 Å². The van der Waals surface area contributed by atoms with E-state index in [1.165, 1.54) is 12.1 Å². The number of nitrogens with one attached hydrogen (secondary N) is 1. The van der Waals surface area contributed by atoms with Crippen molar-refractivity contribution in [2.24, 2.45) is 0 Å². The van der Waals surface area contributed by atoms with Gasteiger partial charge in [-0.2, -0.15) is 26.3 Å². The Labute approximate surface area is 187 Å². The maximum atomic E-state index is 13.8. The first-order valence-corrected chi connectivity index (χ1v) is 10.0. The molecule has 0 radical (unpaired) electrons. The van der Waals surface area contributed by atoms with Crippen LogP contribution < -0.4 is 19.9 Å². The van der Waals surface area contributed by atoms with Gasteiger partial charge in [-0.25, -0.2) is 14.0 Å². The van der Waals surface area contributed by atoms with E-state index < -0.39 is 58.9 Å². The van der Waals surface area contributed by atoms with Gasteiger partial charge in [0, 0.05) is 24.8 Å². The van der Waals surface area contributed by atoms with E-state index in [2.05, 4.69) is 5.32 Å². The molecule has 34 heavy (non-hydrogen) atoms. The van der Waals surface area contributed by atoms with E-state index in [1.54, 1.807) is 0 Å². The maximum absolute atomic E-state index is 13.8. The molecule has 0 unspecified atom stereocenters. The molecule has 1 saturated heterocycles. The molecule has 0 atom stereocenters. The summed E-state index contributed by atoms with van der Waals surface area (Å²) >= 11 is 0. The van der Waals surface area contributed by atoms with Crippen LogP contribution in [0, 0.1) is 5.82 Å². The van der Waals surface area contributed by atoms with Gasteiger partial charge in [-0.05, 0) is 49.2 Å². The molecule has 2 aromatic rings. The first kappa shape index (κ1) is 23.6. The molecular weight excluding hydrogens is 475 g/mol. The smallest absolute Gasteiger partial charge is 0.407 e. The average molecular weight is 491 g/mol. The average Bonchev–Trinajstić information content (AvgIpc) is 3.47. The Morgan fingerprint density at radius 3 is 2.18 bits per heavy atom. The SMILES string of the molecule is O=C1NCCN1c1cc(C(F)(F)F)cc(C(F)(F)F)c1OC(=O)N(c1ccc(F)cc1)C1CC1. The Morgan fingerprint density at radius 1 is 1.03 bits per heavy atom. The Kier molecular flexibility index (Phi) is 5.82. The Morgan fingerprint density at radius 2 is 1.68 bits per heavy atom. The van der Waals surface area contributed by atoms with Crippen molar-refractivity contribution >= 4 is 23.5 Å². The molecule has 0 aromatic heterocycles. The van der Waals surface area contributed by atoms with E-state index in [-0.39, 0.29) is 24.8 Å². The standard InChI is InChI=1S/C21H16F7N3O3/c22-12-1-3-13(4-2-12)31(14-5-6-14)19(33)34-17-15(21(26,27)28)9-11(20(23,24)25)10-16(17)30-8-7-29-18(30)32/h1-4,9-10,14H,5-8H2,(H,29,32). The summed E-state index contributed by atoms with van der Waals surface area (Å²) in [6, 6.07) is 3.31. The molecule has 13 heteroatoms. The molecule has 1 N–H and O–H groups in total. The van der Waals surface area contributed by atoms with Gasteiger partial charge in [0.15, 0.2) is 5.75 Å². The quantitative estimate of drug-likeness (QED) is 0.570. The fraction of sp³-hybridized carbons (Fsp3) is 0.333. The van der Waals surface area contributed by atoms with Gasteiger partial charge in [-0.1, -0.05) is 0 Å². The normalized spacial score (nSPS) is 16.4. The van der Waals surface area contributed by atoms with Gasteiger partial charge in [-0.15, -0.1) is 0 Å². The zero-order valence-corrected chi connectivity index (χ0v) is 17.1. The van der Waals surface area contributed by atoms with Crippen LogP contribution in [0.2, 0.25) is 0 Å². The number of urea groups is 1. The van der Waals surface area contributed by atoms with Crippen molar-refractivity contribution in [1.29, 1.82) is 0 Å². The van der Waals surface area contributed by atoms with Crippen molar-refractivity contribution in [2.75, 3.05) is 22.9 Å². The minimum absolute atomic E-state index is 0.0341. The summed E-state index contributed by atoms with van der Waals surface area (Å²) in [6.45, 7) is -0.278. The predicted molar refractivity (Wildman–Crippen MR) is 105 cm³/mol. The van der Waals surface area contributed by atoms with Gasteiger partial charge in [0.2, 0.25) is 0 Å². The first-order valence-electron chi connectivity index (χ1n) is 10.0. The minimum atomic E-state index is -5.35. The third-order valence-corrected chi connectivity index (χ3v) is 5.25. The first-order chi connectivity index (χ1) is 15.9. The zero-order valence-electron chi connectivity index (χ0n) is 17.1. The summed E-state index contributed by atoms with van der Waals surface area (Å²) in [6.07, 6.45) is -10.8. The van der Waals surface area contributed by atoms with Crippen molar-refractivity contribution in [2.45, 2.75) is 31.2 Å². The fourth-order valence-corrected chi connectivity index (χ4v) is 3.53. The summed E-state index contributed by atoms with van der Waals surface area (Å²) in [5.41, 5.74) is -4.23. The molecule has 2 fully saturated rings. The van der Waals surface area contributed by atoms with E-state index in [9.17, 15) is 40.3 Å². The molecule has 2 aromatic carbocycles. The van der Waals surface area contributed by atoms with E-state index in [0.29, 0.717) is 23.8 Å². The highest BCUT2D eigenvalue weighted by Gasteiger charge is 2.44. The highest BCUT2D eigenvalue weighted by Crippen LogP contribution is 2.47. The molecule has 4 rings (SSSR count). The van der Waals surface area contributed by atoms with E-state index in [1.807, 2.05) is 0 Å². The van der Waals surface area contributed by atoms with Crippen LogP contribution in [0.5, 0.6) is 5.75 Å². The molecule has 3 amide bonds. The van der Waals surface area contributed by atoms with Crippen molar-refractivity contribution < 1.29 is 45.1 Å². The monoisotopic (exact) mass is 491 g/mol. The van der Waals surface area contributed by atoms with Gasteiger partial charge in [-0.3, -0.25) is 9.80 Å². The minimum Gasteiger partial charge on any atom is -0.407 e. The Hall–Kier alpha value is -3.51. The second-order valence-electron chi connectivity index (χ2n) is 7.70. The number of hydrogen-bond acceptors (Lipinski definition) is 3. The van der Waals surface area contributed by atoms with Gasteiger partial charge in [0.1, 0.15) is 11.4 Å². The van der Waals surface area contributed by atoms with Gasteiger partial charge < -0.3 is 10.1 Å². The molecule has 0 bridgehead atoms. The Balaban J connectivity index is 1.82. The summed E-state index contributed by atoms with van der Waals surface area (Å²) in [5.74, 6) is -1.84. The topological polar surface area (TPSA) is 61.9 Å². The third-order valence-electron chi connectivity index (χ3n) is 5.25. The lowest BCUT2D eigenvalue weighted by Gasteiger charge is -2.26. The fourth-order valence-electron chi connectivity index (χ4n) is 3.53. The highest BCUT2D eigenvalue weighted by atomic mass is 19.4. The lowest BCUT2D eigenvalue weighted by atomic mass is 10.1. The van der Waals surface area contributed by atoms with Crippen LogP contribution in [0.3, 0.4) is 0 Å². The van der Waals surface area contributed by atoms with Crippen molar-refractivity contribution in [1.82, 2.24) is 5.32 Å². The van der Waals surface area contributed by atoms with E-state index in [4.69, 9.17) is 4.74 Å². The number of alkyl halides is 6. The number of rotatable bonds is 4. The molecule has 1 heterocycles. The van der Waals surface area contributed by atoms with Crippen LogP contribution in [0.15, 0.2) is 36.4 Å². The summed E-state index contributed by atoms with van der Waals surface area (Å²) in [5, 5.41) is 2.29. The number of hydrogen-bond donors (Lipinski definition) is 1. The molecule has 0 spiro atoms. The van der Waals surface area contributed by atoms with Crippen LogP contribution in [-0.4, -0.2) is 31.3 Å². The number of carbonyl (C=O) groups excluding carboxylic acids is 2. The molecular formula is C21H16F7N3O3. The van der Waals surface area contributed by atoms with Crippen LogP contribution in [0.4, 0.5) is 51.7 Å². The number of ether oxygens (including phenoxy) is 1. The second kappa shape index (κ2) is 8.37. The summed E-state index contributed by atoms with van der Waals surface area (Å²) in [4.78, 5) is 26.7. The molecule has 1 aliphatic carbocycles. The van der Waals surface area contributed by atoms with E-state index >= 15 is 0 Å². The number of anilines is 2. The van der Waals surface area contributed by atoms with Crippen molar-refractivity contribution in [3.8, 4) is 5.75 Å². The molecule has 182 valence electrons. The lowest BCUT2D eigenvalue weighted by Crippen LogP contribution is -2.37. The van der Waals surface area contributed by atoms with Crippen LogP contribution in [-0.2, 0) is 12.4 Å². The van der Waals surface area contributed by atoms with Gasteiger partial charge in [0.05, 0.1) is 11.3 Å². The molecule has 1 saturated carbocycles. The lowest BCUT2D eigenvalue weighted by molar-refractivity contribution is -0.143. The third kappa shape index (κ3) is 4.73. The van der Waals surface area contributed by atoms with Crippen LogP contribution >= 0.6 is 0 Å². The predicted octanol–water partition coefficient (Wildman–Crippen LogP) is 5.56. The highest BCUT2D eigenvalue weighted by molar-refractivity contribution is 5.98. The number of benzene rings is 2. The largest absolute Gasteiger partial charge is 0.420 e. The molecule has 2 aliphatic rings. The number of carbonyl (C=O) groups is 2. The van der Waals surface area contributed by atoms with Crippen LogP contribution in [0.1, 0.15) is 24.0 Å².